The normalized spacial score (nSPS) is 20.0. The number of hydrogen-bond acceptors (Lipinski definition) is 3. The van der Waals surface area contributed by atoms with Gasteiger partial charge in [0, 0.05) is 38.5 Å². The molecular formula is C12H18N4O. The van der Waals surface area contributed by atoms with Gasteiger partial charge in [-0.3, -0.25) is 9.69 Å². The number of rotatable bonds is 4. The molecule has 1 aliphatic heterocycles. The Kier molecular flexibility index (Phi) is 2.84. The van der Waals surface area contributed by atoms with E-state index in [9.17, 15) is 4.79 Å². The zero-order chi connectivity index (χ0) is 11.7. The highest BCUT2D eigenvalue weighted by Gasteiger charge is 2.29. The van der Waals surface area contributed by atoms with Crippen LogP contribution in [0.25, 0.3) is 0 Å². The van der Waals surface area contributed by atoms with Crippen LogP contribution in [-0.2, 0) is 17.8 Å². The van der Waals surface area contributed by atoms with Crippen LogP contribution in [0.5, 0.6) is 0 Å². The van der Waals surface area contributed by atoms with Gasteiger partial charge >= 0.3 is 0 Å². The number of aromatic nitrogens is 2. The van der Waals surface area contributed by atoms with Crippen LogP contribution in [0, 0.1) is 5.92 Å². The van der Waals surface area contributed by atoms with E-state index in [0.29, 0.717) is 5.92 Å². The van der Waals surface area contributed by atoms with E-state index in [1.165, 1.54) is 11.4 Å². The molecule has 92 valence electrons. The minimum atomic E-state index is 0.240. The molecule has 1 aliphatic carbocycles. The molecule has 5 heteroatoms. The third kappa shape index (κ3) is 2.49. The molecule has 3 rings (SSSR count). The maximum absolute atomic E-state index is 11.5. The van der Waals surface area contributed by atoms with E-state index in [4.69, 9.17) is 0 Å². The quantitative estimate of drug-likeness (QED) is 0.787. The summed E-state index contributed by atoms with van der Waals surface area (Å²) in [4.78, 5) is 21.3. The van der Waals surface area contributed by atoms with Crippen molar-refractivity contribution in [1.29, 1.82) is 0 Å². The number of fused-ring (bicyclic) bond motifs is 1. The molecular weight excluding hydrogens is 216 g/mol. The van der Waals surface area contributed by atoms with E-state index in [1.807, 2.05) is 0 Å². The highest BCUT2D eigenvalue weighted by atomic mass is 16.2. The Hall–Kier alpha value is -1.36. The number of carbonyl (C=O) groups excluding carboxylic acids is 1. The van der Waals surface area contributed by atoms with Crippen LogP contribution in [-0.4, -0.2) is 40.4 Å². The van der Waals surface area contributed by atoms with E-state index in [-0.39, 0.29) is 5.91 Å². The summed E-state index contributed by atoms with van der Waals surface area (Å²) in [6.45, 7) is 3.65. The second-order valence-electron chi connectivity index (χ2n) is 4.92. The second-order valence-corrected chi connectivity index (χ2v) is 4.92. The van der Waals surface area contributed by atoms with Gasteiger partial charge in [-0.05, 0) is 12.8 Å². The lowest BCUT2D eigenvalue weighted by molar-refractivity contribution is -0.122. The van der Waals surface area contributed by atoms with E-state index < -0.39 is 0 Å². The van der Waals surface area contributed by atoms with Crippen LogP contribution >= 0.6 is 0 Å². The molecule has 1 fully saturated rings. The van der Waals surface area contributed by atoms with Crippen LogP contribution in [0.15, 0.2) is 6.33 Å². The summed E-state index contributed by atoms with van der Waals surface area (Å²) in [5, 5.41) is 3.00. The van der Waals surface area contributed by atoms with Crippen molar-refractivity contribution < 1.29 is 4.79 Å². The highest BCUT2D eigenvalue weighted by molar-refractivity contribution is 5.80. The molecule has 1 aromatic rings. The van der Waals surface area contributed by atoms with Crippen molar-refractivity contribution in [3.05, 3.63) is 17.7 Å². The van der Waals surface area contributed by atoms with Crippen molar-refractivity contribution in [2.75, 3.05) is 19.6 Å². The first-order valence-electron chi connectivity index (χ1n) is 6.34. The Balaban J connectivity index is 1.43. The van der Waals surface area contributed by atoms with E-state index in [0.717, 1.165) is 45.4 Å². The average Bonchev–Trinajstić information content (AvgIpc) is 3.08. The molecule has 5 nitrogen and oxygen atoms in total. The molecule has 1 aromatic heterocycles. The Bertz CT molecular complexity index is 410. The summed E-state index contributed by atoms with van der Waals surface area (Å²) in [6.07, 6.45) is 4.93. The smallest absolute Gasteiger partial charge is 0.223 e. The van der Waals surface area contributed by atoms with Gasteiger partial charge in [0.25, 0.3) is 0 Å². The molecule has 1 saturated carbocycles. The molecule has 0 spiro atoms. The predicted octanol–water partition coefficient (Wildman–Crippen LogP) is 0.294. The van der Waals surface area contributed by atoms with Crippen molar-refractivity contribution >= 4 is 5.91 Å². The fraction of sp³-hybridized carbons (Fsp3) is 0.667. The molecule has 2 heterocycles. The van der Waals surface area contributed by atoms with Crippen molar-refractivity contribution in [3.8, 4) is 0 Å². The number of hydrogen-bond donors (Lipinski definition) is 2. The third-order valence-corrected chi connectivity index (χ3v) is 3.53. The number of aromatic amines is 1. The molecule has 0 aromatic carbocycles. The van der Waals surface area contributed by atoms with Gasteiger partial charge in [0.05, 0.1) is 17.7 Å². The van der Waals surface area contributed by atoms with Crippen LogP contribution in [0.3, 0.4) is 0 Å². The number of imidazole rings is 1. The molecule has 2 aliphatic rings. The van der Waals surface area contributed by atoms with Crippen molar-refractivity contribution in [2.45, 2.75) is 25.8 Å². The lowest BCUT2D eigenvalue weighted by Gasteiger charge is -2.25. The average molecular weight is 234 g/mol. The van der Waals surface area contributed by atoms with Gasteiger partial charge in [-0.2, -0.15) is 0 Å². The minimum Gasteiger partial charge on any atom is -0.355 e. The SMILES string of the molecule is O=C(NCCN1CCc2nc[nH]c2C1)C1CC1. The first-order chi connectivity index (χ1) is 8.33. The minimum absolute atomic E-state index is 0.240. The first-order valence-corrected chi connectivity index (χ1v) is 6.34. The van der Waals surface area contributed by atoms with Gasteiger partial charge in [-0.25, -0.2) is 4.98 Å². The molecule has 1 amide bonds. The summed E-state index contributed by atoms with van der Waals surface area (Å²) < 4.78 is 0. The molecule has 0 atom stereocenters. The summed E-state index contributed by atoms with van der Waals surface area (Å²) in [5.74, 6) is 0.555. The maximum Gasteiger partial charge on any atom is 0.223 e. The van der Waals surface area contributed by atoms with Crippen LogP contribution in [0.4, 0.5) is 0 Å². The third-order valence-electron chi connectivity index (χ3n) is 3.53. The summed E-state index contributed by atoms with van der Waals surface area (Å²) in [7, 11) is 0. The number of nitrogens with zero attached hydrogens (tertiary/aromatic N) is 2. The van der Waals surface area contributed by atoms with Gasteiger partial charge in [-0.15, -0.1) is 0 Å². The van der Waals surface area contributed by atoms with Gasteiger partial charge in [0.1, 0.15) is 0 Å². The fourth-order valence-electron chi connectivity index (χ4n) is 2.29. The molecule has 2 N–H and O–H groups in total. The number of nitrogens with one attached hydrogen (secondary N) is 2. The summed E-state index contributed by atoms with van der Waals surface area (Å²) in [6, 6.07) is 0. The van der Waals surface area contributed by atoms with Gasteiger partial charge in [-0.1, -0.05) is 0 Å². The second kappa shape index (κ2) is 4.49. The van der Waals surface area contributed by atoms with E-state index >= 15 is 0 Å². The van der Waals surface area contributed by atoms with Gasteiger partial charge in [0.15, 0.2) is 0 Å². The summed E-state index contributed by atoms with van der Waals surface area (Å²) in [5.41, 5.74) is 2.42. The fourth-order valence-corrected chi connectivity index (χ4v) is 2.29. The Morgan fingerprint density at radius 2 is 2.47 bits per heavy atom. The van der Waals surface area contributed by atoms with Crippen LogP contribution < -0.4 is 5.32 Å². The number of H-pyrrole nitrogens is 1. The van der Waals surface area contributed by atoms with Crippen molar-refractivity contribution in [3.63, 3.8) is 0 Å². The Morgan fingerprint density at radius 1 is 1.59 bits per heavy atom. The zero-order valence-electron chi connectivity index (χ0n) is 9.91. The topological polar surface area (TPSA) is 61.0 Å². The number of carbonyl (C=O) groups is 1. The molecule has 0 unspecified atom stereocenters. The van der Waals surface area contributed by atoms with Gasteiger partial charge < -0.3 is 10.3 Å². The molecule has 0 radical (unpaired) electrons. The molecule has 17 heavy (non-hydrogen) atoms. The largest absolute Gasteiger partial charge is 0.355 e. The summed E-state index contributed by atoms with van der Waals surface area (Å²) >= 11 is 0. The standard InChI is InChI=1S/C12H18N4O/c17-12(9-1-2-9)13-4-6-16-5-3-10-11(7-16)15-8-14-10/h8-9H,1-7H2,(H,13,17)(H,14,15). The zero-order valence-corrected chi connectivity index (χ0v) is 9.91. The lowest BCUT2D eigenvalue weighted by atomic mass is 10.1. The first kappa shape index (κ1) is 10.8. The number of amides is 1. The molecule has 0 bridgehead atoms. The van der Waals surface area contributed by atoms with Crippen molar-refractivity contribution in [2.24, 2.45) is 5.92 Å². The highest BCUT2D eigenvalue weighted by Crippen LogP contribution is 2.28. The van der Waals surface area contributed by atoms with Crippen molar-refractivity contribution in [1.82, 2.24) is 20.2 Å². The monoisotopic (exact) mass is 234 g/mol. The maximum atomic E-state index is 11.5. The molecule has 0 saturated heterocycles. The Morgan fingerprint density at radius 3 is 3.29 bits per heavy atom. The van der Waals surface area contributed by atoms with Gasteiger partial charge in [0.2, 0.25) is 5.91 Å². The Labute approximate surface area is 101 Å². The van der Waals surface area contributed by atoms with Crippen LogP contribution in [0.2, 0.25) is 0 Å². The lowest BCUT2D eigenvalue weighted by Crippen LogP contribution is -2.38. The van der Waals surface area contributed by atoms with Crippen LogP contribution in [0.1, 0.15) is 24.2 Å². The van der Waals surface area contributed by atoms with E-state index in [1.54, 1.807) is 6.33 Å². The predicted molar refractivity (Wildman–Crippen MR) is 63.3 cm³/mol. The van der Waals surface area contributed by atoms with E-state index in [2.05, 4.69) is 20.2 Å².